The highest BCUT2D eigenvalue weighted by Gasteiger charge is 2.26. The summed E-state index contributed by atoms with van der Waals surface area (Å²) in [5, 5.41) is 0. The number of aromatic nitrogens is 1. The molecule has 1 atom stereocenters. The summed E-state index contributed by atoms with van der Waals surface area (Å²) in [5.74, 6) is 0.319. The van der Waals surface area contributed by atoms with E-state index < -0.39 is 0 Å². The molecule has 2 aliphatic heterocycles. The third kappa shape index (κ3) is 4.52. The van der Waals surface area contributed by atoms with Crippen molar-refractivity contribution in [2.24, 2.45) is 0 Å². The Labute approximate surface area is 139 Å². The van der Waals surface area contributed by atoms with Crippen LogP contribution in [0.1, 0.15) is 31.7 Å². The van der Waals surface area contributed by atoms with E-state index in [-0.39, 0.29) is 0 Å². The molecule has 0 radical (unpaired) electrons. The fourth-order valence-electron chi connectivity index (χ4n) is 3.60. The minimum Gasteiger partial charge on any atom is -0.339 e. The molecule has 0 aliphatic carbocycles. The van der Waals surface area contributed by atoms with Crippen molar-refractivity contribution >= 4 is 5.91 Å². The van der Waals surface area contributed by atoms with E-state index in [1.165, 1.54) is 12.0 Å². The Morgan fingerprint density at radius 3 is 2.48 bits per heavy atom. The minimum absolute atomic E-state index is 0.319. The predicted octanol–water partition coefficient (Wildman–Crippen LogP) is 1.60. The van der Waals surface area contributed by atoms with Crippen LogP contribution < -0.4 is 0 Å². The van der Waals surface area contributed by atoms with Crippen molar-refractivity contribution < 1.29 is 4.79 Å². The molecule has 0 spiro atoms. The molecule has 3 heterocycles. The first kappa shape index (κ1) is 16.4. The first-order valence-corrected chi connectivity index (χ1v) is 8.85. The molecule has 2 aliphatic rings. The molecule has 0 saturated carbocycles. The van der Waals surface area contributed by atoms with E-state index in [0.29, 0.717) is 18.5 Å². The smallest absolute Gasteiger partial charge is 0.236 e. The van der Waals surface area contributed by atoms with Gasteiger partial charge in [-0.15, -0.1) is 0 Å². The molecule has 5 heteroatoms. The fraction of sp³-hybridized carbons (Fsp3) is 0.667. The summed E-state index contributed by atoms with van der Waals surface area (Å²) >= 11 is 0. The van der Waals surface area contributed by atoms with Gasteiger partial charge in [0.1, 0.15) is 0 Å². The summed E-state index contributed by atoms with van der Waals surface area (Å²) in [6, 6.07) is 4.57. The number of amides is 1. The molecule has 5 nitrogen and oxygen atoms in total. The molecule has 3 rings (SSSR count). The zero-order valence-corrected chi connectivity index (χ0v) is 14.2. The van der Waals surface area contributed by atoms with Gasteiger partial charge in [-0.05, 0) is 43.9 Å². The van der Waals surface area contributed by atoms with Gasteiger partial charge in [0, 0.05) is 57.7 Å². The van der Waals surface area contributed by atoms with Gasteiger partial charge in [0.05, 0.1) is 6.54 Å². The van der Waals surface area contributed by atoms with Crippen LogP contribution in [0.2, 0.25) is 0 Å². The van der Waals surface area contributed by atoms with Gasteiger partial charge in [-0.1, -0.05) is 0 Å². The number of hydrogen-bond acceptors (Lipinski definition) is 4. The Morgan fingerprint density at radius 1 is 1.09 bits per heavy atom. The summed E-state index contributed by atoms with van der Waals surface area (Å²) in [6.07, 6.45) is 7.29. The molecule has 0 aromatic carbocycles. The van der Waals surface area contributed by atoms with E-state index in [9.17, 15) is 4.79 Å². The molecule has 1 amide bonds. The van der Waals surface area contributed by atoms with Gasteiger partial charge >= 0.3 is 0 Å². The first-order chi connectivity index (χ1) is 11.2. The number of piperidine rings is 1. The van der Waals surface area contributed by atoms with E-state index >= 15 is 0 Å². The maximum absolute atomic E-state index is 12.5. The first-order valence-electron chi connectivity index (χ1n) is 8.85. The lowest BCUT2D eigenvalue weighted by Gasteiger charge is -2.38. The Bertz CT molecular complexity index is 499. The highest BCUT2D eigenvalue weighted by Crippen LogP contribution is 2.17. The van der Waals surface area contributed by atoms with E-state index in [1.54, 1.807) is 0 Å². The number of rotatable bonds is 4. The van der Waals surface area contributed by atoms with Crippen molar-refractivity contribution in [1.29, 1.82) is 0 Å². The van der Waals surface area contributed by atoms with Gasteiger partial charge in [-0.3, -0.25) is 19.6 Å². The van der Waals surface area contributed by atoms with E-state index in [4.69, 9.17) is 0 Å². The topological polar surface area (TPSA) is 39.7 Å². The van der Waals surface area contributed by atoms with Crippen molar-refractivity contribution in [1.82, 2.24) is 19.7 Å². The van der Waals surface area contributed by atoms with Crippen molar-refractivity contribution in [3.63, 3.8) is 0 Å². The summed E-state index contributed by atoms with van der Waals surface area (Å²) in [6.45, 7) is 8.74. The van der Waals surface area contributed by atoms with Crippen LogP contribution in [-0.4, -0.2) is 70.9 Å². The van der Waals surface area contributed by atoms with Gasteiger partial charge in [-0.25, -0.2) is 0 Å². The molecule has 126 valence electrons. The second-order valence-corrected chi connectivity index (χ2v) is 6.84. The molecule has 1 aromatic rings. The second-order valence-electron chi connectivity index (χ2n) is 6.84. The van der Waals surface area contributed by atoms with Crippen LogP contribution in [0, 0.1) is 0 Å². The molecular formula is C18H28N4O. The van der Waals surface area contributed by atoms with Crippen LogP contribution in [0.5, 0.6) is 0 Å². The maximum Gasteiger partial charge on any atom is 0.236 e. The van der Waals surface area contributed by atoms with E-state index in [1.807, 2.05) is 12.4 Å². The number of hydrogen-bond donors (Lipinski definition) is 0. The quantitative estimate of drug-likeness (QED) is 0.846. The lowest BCUT2D eigenvalue weighted by Crippen LogP contribution is -2.51. The van der Waals surface area contributed by atoms with Crippen LogP contribution in [0.15, 0.2) is 24.5 Å². The summed E-state index contributed by atoms with van der Waals surface area (Å²) in [5.41, 5.74) is 1.31. The lowest BCUT2D eigenvalue weighted by atomic mass is 10.0. The standard InChI is InChI=1S/C18H28N4O/c1-16-4-2-3-9-22(16)18(23)15-21-12-10-20(11-13-21)14-17-5-7-19-8-6-17/h5-8,16H,2-4,9-15H2,1H3. The Hall–Kier alpha value is -1.46. The third-order valence-electron chi connectivity index (χ3n) is 5.10. The lowest BCUT2D eigenvalue weighted by molar-refractivity contribution is -0.136. The summed E-state index contributed by atoms with van der Waals surface area (Å²) in [7, 11) is 0. The molecule has 2 fully saturated rings. The van der Waals surface area contributed by atoms with Gasteiger partial charge in [-0.2, -0.15) is 0 Å². The molecule has 0 bridgehead atoms. The molecular weight excluding hydrogens is 288 g/mol. The average Bonchev–Trinajstić information content (AvgIpc) is 2.58. The predicted molar refractivity (Wildman–Crippen MR) is 91.0 cm³/mol. The molecule has 1 unspecified atom stereocenters. The van der Waals surface area contributed by atoms with Gasteiger partial charge in [0.2, 0.25) is 5.91 Å². The van der Waals surface area contributed by atoms with Crippen molar-refractivity contribution in [2.75, 3.05) is 39.3 Å². The zero-order valence-electron chi connectivity index (χ0n) is 14.2. The number of carbonyl (C=O) groups is 1. The molecule has 2 saturated heterocycles. The number of likely N-dealkylation sites (tertiary alicyclic amines) is 1. The third-order valence-corrected chi connectivity index (χ3v) is 5.10. The van der Waals surface area contributed by atoms with Crippen LogP contribution >= 0.6 is 0 Å². The summed E-state index contributed by atoms with van der Waals surface area (Å²) in [4.78, 5) is 23.4. The zero-order chi connectivity index (χ0) is 16.1. The van der Waals surface area contributed by atoms with Crippen molar-refractivity contribution in [3.05, 3.63) is 30.1 Å². The number of pyridine rings is 1. The Balaban J connectivity index is 1.43. The van der Waals surface area contributed by atoms with E-state index in [2.05, 4.69) is 38.7 Å². The van der Waals surface area contributed by atoms with Crippen LogP contribution in [0.25, 0.3) is 0 Å². The Morgan fingerprint density at radius 2 is 1.78 bits per heavy atom. The molecule has 0 N–H and O–H groups in total. The monoisotopic (exact) mass is 316 g/mol. The van der Waals surface area contributed by atoms with E-state index in [0.717, 1.165) is 52.1 Å². The average molecular weight is 316 g/mol. The highest BCUT2D eigenvalue weighted by molar-refractivity contribution is 5.78. The van der Waals surface area contributed by atoms with Crippen LogP contribution in [0.4, 0.5) is 0 Å². The number of piperazine rings is 1. The normalized spacial score (nSPS) is 23.9. The maximum atomic E-state index is 12.5. The molecule has 1 aromatic heterocycles. The Kier molecular flexibility index (Phi) is 5.62. The van der Waals surface area contributed by atoms with Gasteiger partial charge < -0.3 is 4.90 Å². The SMILES string of the molecule is CC1CCCCN1C(=O)CN1CCN(Cc2ccncc2)CC1. The minimum atomic E-state index is 0.319. The van der Waals surface area contributed by atoms with Crippen molar-refractivity contribution in [3.8, 4) is 0 Å². The highest BCUT2D eigenvalue weighted by atomic mass is 16.2. The van der Waals surface area contributed by atoms with Crippen LogP contribution in [-0.2, 0) is 11.3 Å². The molecule has 23 heavy (non-hydrogen) atoms. The number of carbonyl (C=O) groups excluding carboxylic acids is 1. The van der Waals surface area contributed by atoms with Gasteiger partial charge in [0.15, 0.2) is 0 Å². The summed E-state index contributed by atoms with van der Waals surface area (Å²) < 4.78 is 0. The van der Waals surface area contributed by atoms with Gasteiger partial charge in [0.25, 0.3) is 0 Å². The second kappa shape index (κ2) is 7.88. The number of nitrogens with zero attached hydrogens (tertiary/aromatic N) is 4. The van der Waals surface area contributed by atoms with Crippen LogP contribution in [0.3, 0.4) is 0 Å². The largest absolute Gasteiger partial charge is 0.339 e. The van der Waals surface area contributed by atoms with Crippen molar-refractivity contribution in [2.45, 2.75) is 38.8 Å². The fourth-order valence-corrected chi connectivity index (χ4v) is 3.60.